The molecule has 0 heterocycles. The molecule has 5 nitrogen and oxygen atoms in total. The highest BCUT2D eigenvalue weighted by Gasteiger charge is 2.02. The van der Waals surface area contributed by atoms with Crippen molar-refractivity contribution in [1.82, 2.24) is 5.32 Å². The molecule has 0 rings (SSSR count). The summed E-state index contributed by atoms with van der Waals surface area (Å²) in [6, 6.07) is 0. The van der Waals surface area contributed by atoms with Crippen LogP contribution in [0.2, 0.25) is 0 Å². The van der Waals surface area contributed by atoms with E-state index in [-0.39, 0.29) is 19.2 Å². The Hall–Kier alpha value is -1.36. The molecule has 0 unspecified atom stereocenters. The van der Waals surface area contributed by atoms with E-state index in [0.29, 0.717) is 6.42 Å². The summed E-state index contributed by atoms with van der Waals surface area (Å²) in [4.78, 5) is 22.2. The van der Waals surface area contributed by atoms with E-state index in [1.807, 2.05) is 6.08 Å². The van der Waals surface area contributed by atoms with E-state index in [1.165, 1.54) is 39.2 Å². The smallest absolute Gasteiger partial charge is 0.311 e. The number of hydrogen-bond donors (Lipinski definition) is 1. The fraction of sp³-hybridized carbons (Fsp3) is 0.688. The number of esters is 1. The van der Waals surface area contributed by atoms with E-state index in [2.05, 4.69) is 16.6 Å². The maximum Gasteiger partial charge on any atom is 0.311 e. The lowest BCUT2D eigenvalue weighted by atomic mass is 10.1. The van der Waals surface area contributed by atoms with Crippen LogP contribution in [0.1, 0.15) is 51.4 Å². The van der Waals surface area contributed by atoms with Crippen molar-refractivity contribution in [3.05, 3.63) is 19.1 Å². The minimum atomic E-state index is -0.436. The highest BCUT2D eigenvalue weighted by atomic mass is 16.5. The molecule has 0 aliphatic rings. The number of hydrogen-bond acceptors (Lipinski definition) is 4. The van der Waals surface area contributed by atoms with Gasteiger partial charge < -0.3 is 14.8 Å². The molecule has 0 aromatic carbocycles. The van der Waals surface area contributed by atoms with E-state index >= 15 is 0 Å². The van der Waals surface area contributed by atoms with Crippen LogP contribution in [0, 0.1) is 6.42 Å². The third-order valence-electron chi connectivity index (χ3n) is 3.00. The largest absolute Gasteiger partial charge is 0.469 e. The third kappa shape index (κ3) is 14.9. The van der Waals surface area contributed by atoms with Gasteiger partial charge in [0.15, 0.2) is 0 Å². The number of unbranched alkanes of at least 4 members (excludes halogenated alkanes) is 6. The lowest BCUT2D eigenvalue weighted by molar-refractivity contribution is -0.137. The van der Waals surface area contributed by atoms with Crippen LogP contribution < -0.4 is 5.32 Å². The second-order valence-electron chi connectivity index (χ2n) is 4.79. The predicted octanol–water partition coefficient (Wildman–Crippen LogP) is 2.76. The van der Waals surface area contributed by atoms with Gasteiger partial charge >= 0.3 is 5.97 Å². The second-order valence-corrected chi connectivity index (χ2v) is 4.79. The Bertz CT molecular complexity index is 292. The summed E-state index contributed by atoms with van der Waals surface area (Å²) in [5.74, 6) is -0.450. The number of ether oxygens (including phenoxy) is 2. The van der Waals surface area contributed by atoms with Crippen molar-refractivity contribution < 1.29 is 19.1 Å². The van der Waals surface area contributed by atoms with Gasteiger partial charge in [0.1, 0.15) is 6.73 Å². The highest BCUT2D eigenvalue weighted by molar-refractivity contribution is 5.78. The van der Waals surface area contributed by atoms with E-state index in [0.717, 1.165) is 19.3 Å². The summed E-state index contributed by atoms with van der Waals surface area (Å²) in [7, 11) is 1.31. The molecule has 0 spiro atoms. The fourth-order valence-electron chi connectivity index (χ4n) is 1.77. The molecule has 121 valence electrons. The van der Waals surface area contributed by atoms with Gasteiger partial charge in [-0.2, -0.15) is 0 Å². The Labute approximate surface area is 128 Å². The van der Waals surface area contributed by atoms with Crippen molar-refractivity contribution in [2.24, 2.45) is 0 Å². The van der Waals surface area contributed by atoms with Crippen molar-refractivity contribution in [2.75, 3.05) is 20.4 Å². The zero-order chi connectivity index (χ0) is 15.8. The van der Waals surface area contributed by atoms with Crippen LogP contribution in [-0.4, -0.2) is 32.3 Å². The summed E-state index contributed by atoms with van der Waals surface area (Å²) in [5, 5.41) is 2.65. The molecule has 1 N–H and O–H groups in total. The van der Waals surface area contributed by atoms with Crippen molar-refractivity contribution >= 4 is 11.9 Å². The summed E-state index contributed by atoms with van der Waals surface area (Å²) in [6.45, 7) is 3.95. The molecule has 1 radical (unpaired) electrons. The first kappa shape index (κ1) is 19.6. The van der Waals surface area contributed by atoms with Gasteiger partial charge in [0.25, 0.3) is 0 Å². The normalized spacial score (nSPS) is 10.1. The number of rotatable bonds is 14. The first-order chi connectivity index (χ1) is 10.2. The molecule has 0 fully saturated rings. The Morgan fingerprint density at radius 1 is 1.10 bits per heavy atom. The molecule has 0 atom stereocenters. The van der Waals surface area contributed by atoms with Gasteiger partial charge in [-0.25, -0.2) is 0 Å². The average Bonchev–Trinajstić information content (AvgIpc) is 2.49. The number of carbonyl (C=O) groups excluding carboxylic acids is 2. The van der Waals surface area contributed by atoms with Gasteiger partial charge in [-0.15, -0.1) is 6.58 Å². The molecule has 0 aliphatic heterocycles. The van der Waals surface area contributed by atoms with Gasteiger partial charge in [0.2, 0.25) is 5.91 Å². The molecule has 0 aromatic heterocycles. The maximum atomic E-state index is 11.5. The molecule has 5 heteroatoms. The van der Waals surface area contributed by atoms with E-state index in [4.69, 9.17) is 4.74 Å². The minimum absolute atomic E-state index is 0.0141. The highest BCUT2D eigenvalue weighted by Crippen LogP contribution is 2.08. The van der Waals surface area contributed by atoms with Crippen LogP contribution in [-0.2, 0) is 19.1 Å². The second kappa shape index (κ2) is 15.0. The fourth-order valence-corrected chi connectivity index (χ4v) is 1.77. The SMILES string of the molecule is C=CCCCCCCCCC(=O)NCOC[CH]C(=O)OC. The Morgan fingerprint density at radius 3 is 2.43 bits per heavy atom. The summed E-state index contributed by atoms with van der Waals surface area (Å²) >= 11 is 0. The van der Waals surface area contributed by atoms with Crippen LogP contribution >= 0.6 is 0 Å². The molecule has 0 aliphatic carbocycles. The van der Waals surface area contributed by atoms with Crippen LogP contribution in [0.4, 0.5) is 0 Å². The molecular weight excluding hydrogens is 270 g/mol. The van der Waals surface area contributed by atoms with E-state index in [1.54, 1.807) is 0 Å². The zero-order valence-corrected chi connectivity index (χ0v) is 13.1. The Kier molecular flexibility index (Phi) is 14.1. The van der Waals surface area contributed by atoms with Gasteiger partial charge in [0, 0.05) is 6.42 Å². The molecule has 1 amide bonds. The van der Waals surface area contributed by atoms with Crippen molar-refractivity contribution in [3.8, 4) is 0 Å². The first-order valence-electron chi connectivity index (χ1n) is 7.57. The molecule has 0 saturated carbocycles. The standard InChI is InChI=1S/C16H28NO4/c1-3-4-5-6-7-8-9-10-11-15(18)17-14-21-13-12-16(19)20-2/h3,12H,1,4-11,13-14H2,2H3,(H,17,18). The topological polar surface area (TPSA) is 64.6 Å². The molecule has 0 aromatic rings. The molecule has 0 bridgehead atoms. The van der Waals surface area contributed by atoms with Crippen LogP contribution in [0.5, 0.6) is 0 Å². The molecular formula is C16H28NO4. The number of carbonyl (C=O) groups is 2. The van der Waals surface area contributed by atoms with Crippen molar-refractivity contribution in [2.45, 2.75) is 51.4 Å². The lowest BCUT2D eigenvalue weighted by Gasteiger charge is -2.06. The monoisotopic (exact) mass is 298 g/mol. The zero-order valence-electron chi connectivity index (χ0n) is 13.1. The van der Waals surface area contributed by atoms with Gasteiger partial charge in [-0.1, -0.05) is 31.8 Å². The van der Waals surface area contributed by atoms with E-state index < -0.39 is 5.97 Å². The van der Waals surface area contributed by atoms with Gasteiger partial charge in [0.05, 0.1) is 20.1 Å². The maximum absolute atomic E-state index is 11.5. The summed E-state index contributed by atoms with van der Waals surface area (Å²) in [6.07, 6.45) is 11.7. The number of amides is 1. The average molecular weight is 298 g/mol. The molecule has 21 heavy (non-hydrogen) atoms. The Balaban J connectivity index is 3.23. The minimum Gasteiger partial charge on any atom is -0.469 e. The summed E-state index contributed by atoms with van der Waals surface area (Å²) < 4.78 is 9.48. The molecule has 0 saturated heterocycles. The Morgan fingerprint density at radius 2 is 1.76 bits per heavy atom. The van der Waals surface area contributed by atoms with Crippen LogP contribution in [0.3, 0.4) is 0 Å². The summed E-state index contributed by atoms with van der Waals surface area (Å²) in [5.41, 5.74) is 0. The number of allylic oxidation sites excluding steroid dienone is 1. The van der Waals surface area contributed by atoms with Crippen LogP contribution in [0.15, 0.2) is 12.7 Å². The quantitative estimate of drug-likeness (QED) is 0.232. The predicted molar refractivity (Wildman–Crippen MR) is 82.4 cm³/mol. The van der Waals surface area contributed by atoms with Gasteiger partial charge in [-0.05, 0) is 19.3 Å². The third-order valence-corrected chi connectivity index (χ3v) is 3.00. The number of methoxy groups -OCH3 is 1. The van der Waals surface area contributed by atoms with Crippen LogP contribution in [0.25, 0.3) is 0 Å². The van der Waals surface area contributed by atoms with Crippen molar-refractivity contribution in [3.63, 3.8) is 0 Å². The number of nitrogens with one attached hydrogen (secondary N) is 1. The lowest BCUT2D eigenvalue weighted by Crippen LogP contribution is -2.26. The van der Waals surface area contributed by atoms with Gasteiger partial charge in [-0.3, -0.25) is 9.59 Å². The van der Waals surface area contributed by atoms with Crippen molar-refractivity contribution in [1.29, 1.82) is 0 Å². The van der Waals surface area contributed by atoms with E-state index in [9.17, 15) is 9.59 Å². The first-order valence-corrected chi connectivity index (χ1v) is 7.57.